The first-order valence-corrected chi connectivity index (χ1v) is 12.8. The van der Waals surface area contributed by atoms with Gasteiger partial charge in [0.1, 0.15) is 12.2 Å². The molecule has 2 amide bonds. The molecule has 0 atom stereocenters. The van der Waals surface area contributed by atoms with E-state index in [0.717, 1.165) is 57.7 Å². The van der Waals surface area contributed by atoms with Gasteiger partial charge in [0.25, 0.3) is 0 Å². The standard InChI is InChI=1S/C22H26F3N7OS/c23-22(24,25)18-27-16(29-34-18)3-13-4-20(5-13)8-30(9-20)19(33)31-10-21(11-31)6-15(7-21)32-12-26-17(28-32)14-1-2-14/h12-15H,1-11H2. The highest BCUT2D eigenvalue weighted by Crippen LogP contribution is 2.56. The third-order valence-corrected chi connectivity index (χ3v) is 9.25. The van der Waals surface area contributed by atoms with Crippen LogP contribution in [0.1, 0.15) is 67.1 Å². The zero-order valence-corrected chi connectivity index (χ0v) is 19.5. The summed E-state index contributed by atoms with van der Waals surface area (Å²) in [5.74, 6) is 2.17. The summed E-state index contributed by atoms with van der Waals surface area (Å²) in [6, 6.07) is 0.548. The molecule has 182 valence electrons. The van der Waals surface area contributed by atoms with E-state index in [2.05, 4.69) is 19.4 Å². The molecular weight excluding hydrogens is 467 g/mol. The number of hydrogen-bond donors (Lipinski definition) is 0. The van der Waals surface area contributed by atoms with Crippen LogP contribution in [0.15, 0.2) is 6.33 Å². The van der Waals surface area contributed by atoms with Crippen molar-refractivity contribution in [2.75, 3.05) is 26.2 Å². The summed E-state index contributed by atoms with van der Waals surface area (Å²) in [6.07, 6.45) is 4.36. The maximum Gasteiger partial charge on any atom is 0.444 e. The van der Waals surface area contributed by atoms with Crippen LogP contribution in [0.2, 0.25) is 0 Å². The number of carbonyl (C=O) groups excluding carboxylic acids is 1. The average Bonchev–Trinajstić information content (AvgIpc) is 3.19. The van der Waals surface area contributed by atoms with Crippen molar-refractivity contribution < 1.29 is 18.0 Å². The van der Waals surface area contributed by atoms with Gasteiger partial charge in [-0.15, -0.1) is 0 Å². The summed E-state index contributed by atoms with van der Waals surface area (Å²) in [7, 11) is 0. The fourth-order valence-electron chi connectivity index (χ4n) is 6.65. The predicted molar refractivity (Wildman–Crippen MR) is 115 cm³/mol. The van der Waals surface area contributed by atoms with Gasteiger partial charge in [-0.25, -0.2) is 19.4 Å². The molecule has 0 N–H and O–H groups in total. The first-order chi connectivity index (χ1) is 16.2. The molecule has 2 aliphatic heterocycles. The Kier molecular flexibility index (Phi) is 4.29. The summed E-state index contributed by atoms with van der Waals surface area (Å²) in [6.45, 7) is 3.18. The van der Waals surface area contributed by atoms with Crippen molar-refractivity contribution in [3.8, 4) is 0 Å². The monoisotopic (exact) mass is 493 g/mol. The lowest BCUT2D eigenvalue weighted by molar-refractivity contribution is -0.137. The number of carbonyl (C=O) groups is 1. The quantitative estimate of drug-likeness (QED) is 0.648. The molecule has 3 saturated carbocycles. The largest absolute Gasteiger partial charge is 0.444 e. The molecule has 7 rings (SSSR count). The highest BCUT2D eigenvalue weighted by atomic mass is 32.1. The van der Waals surface area contributed by atoms with Gasteiger partial charge in [-0.05, 0) is 56.0 Å². The molecule has 0 unspecified atom stereocenters. The number of aromatic nitrogens is 5. The number of rotatable bonds is 4. The molecule has 0 aromatic carbocycles. The lowest BCUT2D eigenvalue weighted by Gasteiger charge is -2.63. The van der Waals surface area contributed by atoms with Gasteiger partial charge in [-0.3, -0.25) is 0 Å². The van der Waals surface area contributed by atoms with E-state index in [1.54, 1.807) is 0 Å². The molecule has 5 aliphatic rings. The second-order valence-electron chi connectivity index (χ2n) is 11.4. The lowest BCUT2D eigenvalue weighted by atomic mass is 9.57. The smallest absolute Gasteiger partial charge is 0.323 e. The molecule has 34 heavy (non-hydrogen) atoms. The second kappa shape index (κ2) is 6.92. The zero-order valence-electron chi connectivity index (χ0n) is 18.7. The van der Waals surface area contributed by atoms with Crippen LogP contribution in [0.4, 0.5) is 18.0 Å². The molecule has 4 heterocycles. The highest BCUT2D eigenvalue weighted by Gasteiger charge is 2.58. The Bertz CT molecular complexity index is 1110. The second-order valence-corrected chi connectivity index (χ2v) is 12.2. The Morgan fingerprint density at radius 1 is 1.06 bits per heavy atom. The van der Waals surface area contributed by atoms with Gasteiger partial charge in [0.05, 0.1) is 6.04 Å². The van der Waals surface area contributed by atoms with Crippen LogP contribution in [-0.4, -0.2) is 66.1 Å². The zero-order chi connectivity index (χ0) is 23.3. The molecule has 2 spiro atoms. The molecule has 12 heteroatoms. The van der Waals surface area contributed by atoms with Gasteiger partial charge in [0.15, 0.2) is 5.82 Å². The summed E-state index contributed by atoms with van der Waals surface area (Å²) < 4.78 is 44.0. The molecule has 8 nitrogen and oxygen atoms in total. The Morgan fingerprint density at radius 2 is 1.71 bits per heavy atom. The van der Waals surface area contributed by atoms with E-state index in [0.29, 0.717) is 41.7 Å². The van der Waals surface area contributed by atoms with Crippen molar-refractivity contribution in [1.82, 2.24) is 33.9 Å². The minimum atomic E-state index is -4.42. The first-order valence-electron chi connectivity index (χ1n) is 12.0. The summed E-state index contributed by atoms with van der Waals surface area (Å²) in [5, 5.41) is 3.79. The number of likely N-dealkylation sites (tertiary alicyclic amines) is 2. The van der Waals surface area contributed by atoms with E-state index in [4.69, 9.17) is 0 Å². The van der Waals surface area contributed by atoms with Gasteiger partial charge in [-0.2, -0.15) is 22.6 Å². The van der Waals surface area contributed by atoms with Gasteiger partial charge in [-0.1, -0.05) is 0 Å². The van der Waals surface area contributed by atoms with Crippen LogP contribution in [-0.2, 0) is 12.6 Å². The van der Waals surface area contributed by atoms with Gasteiger partial charge >= 0.3 is 12.2 Å². The summed E-state index contributed by atoms with van der Waals surface area (Å²) >= 11 is 0.426. The van der Waals surface area contributed by atoms with Gasteiger partial charge in [0.2, 0.25) is 5.01 Å². The van der Waals surface area contributed by atoms with Gasteiger partial charge in [0, 0.05) is 49.3 Å². The van der Waals surface area contributed by atoms with E-state index in [1.807, 2.05) is 20.8 Å². The Morgan fingerprint density at radius 3 is 2.29 bits per heavy atom. The minimum Gasteiger partial charge on any atom is -0.323 e. The van der Waals surface area contributed by atoms with E-state index < -0.39 is 11.2 Å². The van der Waals surface area contributed by atoms with Crippen molar-refractivity contribution >= 4 is 17.6 Å². The van der Waals surface area contributed by atoms with E-state index in [-0.39, 0.29) is 16.9 Å². The number of amides is 2. The average molecular weight is 494 g/mol. The first kappa shape index (κ1) is 21.1. The van der Waals surface area contributed by atoms with Crippen LogP contribution in [0.3, 0.4) is 0 Å². The molecule has 3 aliphatic carbocycles. The fraction of sp³-hybridized carbons (Fsp3) is 0.773. The minimum absolute atomic E-state index is 0.135. The number of alkyl halides is 3. The van der Waals surface area contributed by atoms with E-state index in [1.165, 1.54) is 12.8 Å². The van der Waals surface area contributed by atoms with Crippen LogP contribution < -0.4 is 0 Å². The molecule has 2 saturated heterocycles. The Labute approximate surface area is 198 Å². The SMILES string of the molecule is O=C(N1CC2(CC(Cc3nsc(C(F)(F)F)n3)C2)C1)N1CC2(CC(n3cnc(C4CC4)n3)C2)C1. The number of hydrogen-bond acceptors (Lipinski definition) is 6. The Hall–Kier alpha value is -2.24. The normalized spacial score (nSPS) is 25.7. The maximum absolute atomic E-state index is 12.9. The molecular formula is C22H26F3N7OS. The predicted octanol–water partition coefficient (Wildman–Crippen LogP) is 3.74. The third-order valence-electron chi connectivity index (χ3n) is 8.45. The molecule has 5 fully saturated rings. The molecule has 2 aromatic rings. The van der Waals surface area contributed by atoms with Gasteiger partial charge < -0.3 is 9.80 Å². The Balaban J connectivity index is 0.844. The lowest BCUT2D eigenvalue weighted by Crippen LogP contribution is -2.71. The maximum atomic E-state index is 12.9. The number of halogens is 3. The number of nitrogens with zero attached hydrogens (tertiary/aromatic N) is 7. The highest BCUT2D eigenvalue weighted by molar-refractivity contribution is 7.05. The van der Waals surface area contributed by atoms with Crippen LogP contribution >= 0.6 is 11.5 Å². The topological polar surface area (TPSA) is 80.0 Å². The van der Waals surface area contributed by atoms with E-state index in [9.17, 15) is 18.0 Å². The summed E-state index contributed by atoms with van der Waals surface area (Å²) in [5.41, 5.74) is 0.408. The third kappa shape index (κ3) is 3.43. The van der Waals surface area contributed by atoms with Crippen molar-refractivity contribution in [2.24, 2.45) is 16.7 Å². The van der Waals surface area contributed by atoms with Crippen molar-refractivity contribution in [3.63, 3.8) is 0 Å². The number of urea groups is 1. The van der Waals surface area contributed by atoms with Crippen LogP contribution in [0.25, 0.3) is 0 Å². The summed E-state index contributed by atoms with van der Waals surface area (Å²) in [4.78, 5) is 24.9. The van der Waals surface area contributed by atoms with E-state index >= 15 is 0 Å². The van der Waals surface area contributed by atoms with Crippen molar-refractivity contribution in [1.29, 1.82) is 0 Å². The molecule has 0 radical (unpaired) electrons. The molecule has 0 bridgehead atoms. The molecule has 2 aromatic heterocycles. The van der Waals surface area contributed by atoms with Crippen LogP contribution in [0, 0.1) is 16.7 Å². The fourth-order valence-corrected chi connectivity index (χ4v) is 7.21. The van der Waals surface area contributed by atoms with Crippen molar-refractivity contribution in [2.45, 2.75) is 63.1 Å². The van der Waals surface area contributed by atoms with Crippen molar-refractivity contribution in [3.05, 3.63) is 23.0 Å². The van der Waals surface area contributed by atoms with Crippen LogP contribution in [0.5, 0.6) is 0 Å².